The molecule has 0 aliphatic rings. The summed E-state index contributed by atoms with van der Waals surface area (Å²) in [7, 11) is 0. The Morgan fingerprint density at radius 2 is 2.11 bits per heavy atom. The fourth-order valence-electron chi connectivity index (χ4n) is 1.59. The van der Waals surface area contributed by atoms with Crippen LogP contribution >= 0.6 is 11.3 Å². The van der Waals surface area contributed by atoms with Crippen LogP contribution in [0.2, 0.25) is 0 Å². The second-order valence-corrected chi connectivity index (χ2v) is 4.52. The number of rotatable bonds is 2. The molecule has 0 fully saturated rings. The Kier molecular flexibility index (Phi) is 3.57. The van der Waals surface area contributed by atoms with Crippen LogP contribution < -0.4 is 5.32 Å². The normalized spacial score (nSPS) is 11.4. The van der Waals surface area contributed by atoms with Crippen molar-refractivity contribution in [1.29, 1.82) is 0 Å². The summed E-state index contributed by atoms with van der Waals surface area (Å²) in [5.74, 6) is -0.524. The summed E-state index contributed by atoms with van der Waals surface area (Å²) in [6.07, 6.45) is -4.44. The van der Waals surface area contributed by atoms with Gasteiger partial charge in [0.25, 0.3) is 5.91 Å². The summed E-state index contributed by atoms with van der Waals surface area (Å²) < 4.78 is 38.1. The first-order chi connectivity index (χ1) is 8.89. The number of nitrogens with zero attached hydrogens (tertiary/aromatic N) is 1. The number of anilines is 1. The fraction of sp³-hybridized carbons (Fsp3) is 0.167. The Balaban J connectivity index is 2.29. The third kappa shape index (κ3) is 2.93. The lowest BCUT2D eigenvalue weighted by atomic mass is 10.1. The number of amides is 1. The predicted molar refractivity (Wildman–Crippen MR) is 66.2 cm³/mol. The molecule has 3 nitrogen and oxygen atoms in total. The summed E-state index contributed by atoms with van der Waals surface area (Å²) in [5, 5.41) is 3.96. The summed E-state index contributed by atoms with van der Waals surface area (Å²) in [6, 6.07) is 3.66. The number of thiazole rings is 1. The average Bonchev–Trinajstić information content (AvgIpc) is 2.83. The second-order valence-electron chi connectivity index (χ2n) is 3.80. The van der Waals surface area contributed by atoms with E-state index in [0.717, 1.165) is 6.07 Å². The molecule has 1 aromatic heterocycles. The van der Waals surface area contributed by atoms with Gasteiger partial charge < -0.3 is 5.32 Å². The standard InChI is InChI=1S/C12H9F3N2OS/c1-7-8(12(13,14)15)3-2-4-9(7)17-11(18)10-5-19-6-16-10/h2-6H,1H3,(H,17,18). The van der Waals surface area contributed by atoms with Crippen molar-refractivity contribution in [3.8, 4) is 0 Å². The summed E-state index contributed by atoms with van der Waals surface area (Å²) >= 11 is 1.24. The maximum absolute atomic E-state index is 12.7. The third-order valence-corrected chi connectivity index (χ3v) is 3.14. The van der Waals surface area contributed by atoms with Gasteiger partial charge in [0, 0.05) is 11.1 Å². The van der Waals surface area contributed by atoms with Gasteiger partial charge in [0.2, 0.25) is 0 Å². The van der Waals surface area contributed by atoms with Crippen LogP contribution in [0.4, 0.5) is 18.9 Å². The maximum Gasteiger partial charge on any atom is 0.416 e. The Hall–Kier alpha value is -1.89. The van der Waals surface area contributed by atoms with Gasteiger partial charge in [0.1, 0.15) is 5.69 Å². The number of hydrogen-bond acceptors (Lipinski definition) is 3. The number of carbonyl (C=O) groups excluding carboxylic acids is 1. The molecule has 0 saturated heterocycles. The number of halogens is 3. The zero-order valence-electron chi connectivity index (χ0n) is 9.78. The van der Waals surface area contributed by atoms with Crippen LogP contribution in [0.5, 0.6) is 0 Å². The van der Waals surface area contributed by atoms with E-state index in [0.29, 0.717) is 0 Å². The van der Waals surface area contributed by atoms with Gasteiger partial charge in [-0.3, -0.25) is 4.79 Å². The molecule has 0 atom stereocenters. The lowest BCUT2D eigenvalue weighted by molar-refractivity contribution is -0.138. The molecule has 0 saturated carbocycles. The molecule has 0 spiro atoms. The highest BCUT2D eigenvalue weighted by Gasteiger charge is 2.33. The maximum atomic E-state index is 12.7. The van der Waals surface area contributed by atoms with E-state index in [1.165, 1.54) is 41.3 Å². The number of alkyl halides is 3. The summed E-state index contributed by atoms with van der Waals surface area (Å²) in [4.78, 5) is 15.5. The molecule has 0 bridgehead atoms. The quantitative estimate of drug-likeness (QED) is 0.914. The first-order valence-electron chi connectivity index (χ1n) is 5.26. The van der Waals surface area contributed by atoms with Gasteiger partial charge in [-0.05, 0) is 24.6 Å². The number of carbonyl (C=O) groups is 1. The van der Waals surface area contributed by atoms with Crippen LogP contribution in [0.15, 0.2) is 29.1 Å². The topological polar surface area (TPSA) is 42.0 Å². The molecule has 1 amide bonds. The average molecular weight is 286 g/mol. The smallest absolute Gasteiger partial charge is 0.320 e. The Morgan fingerprint density at radius 3 is 2.68 bits per heavy atom. The largest absolute Gasteiger partial charge is 0.416 e. The van der Waals surface area contributed by atoms with Crippen LogP contribution in [0.1, 0.15) is 21.6 Å². The molecule has 1 aromatic carbocycles. The highest BCUT2D eigenvalue weighted by molar-refractivity contribution is 7.07. The van der Waals surface area contributed by atoms with Crippen molar-refractivity contribution in [3.63, 3.8) is 0 Å². The predicted octanol–water partition coefficient (Wildman–Crippen LogP) is 3.72. The lowest BCUT2D eigenvalue weighted by Crippen LogP contribution is -2.15. The molecule has 7 heteroatoms. The van der Waals surface area contributed by atoms with E-state index >= 15 is 0 Å². The third-order valence-electron chi connectivity index (χ3n) is 2.55. The van der Waals surface area contributed by atoms with E-state index in [4.69, 9.17) is 0 Å². The fourth-order valence-corrected chi connectivity index (χ4v) is 2.12. The van der Waals surface area contributed by atoms with E-state index in [-0.39, 0.29) is 16.9 Å². The van der Waals surface area contributed by atoms with Gasteiger partial charge in [0.15, 0.2) is 0 Å². The Bertz CT molecular complexity index is 594. The van der Waals surface area contributed by atoms with Crippen molar-refractivity contribution < 1.29 is 18.0 Å². The lowest BCUT2D eigenvalue weighted by Gasteiger charge is -2.14. The van der Waals surface area contributed by atoms with Gasteiger partial charge in [0.05, 0.1) is 11.1 Å². The highest BCUT2D eigenvalue weighted by Crippen LogP contribution is 2.34. The van der Waals surface area contributed by atoms with E-state index in [9.17, 15) is 18.0 Å². The van der Waals surface area contributed by atoms with Crippen LogP contribution in [0, 0.1) is 6.92 Å². The van der Waals surface area contributed by atoms with Gasteiger partial charge in [-0.1, -0.05) is 6.07 Å². The molecule has 19 heavy (non-hydrogen) atoms. The van der Waals surface area contributed by atoms with Crippen molar-refractivity contribution in [1.82, 2.24) is 4.98 Å². The van der Waals surface area contributed by atoms with E-state index in [1.54, 1.807) is 0 Å². The van der Waals surface area contributed by atoms with E-state index in [1.807, 2.05) is 0 Å². The molecule has 0 unspecified atom stereocenters. The highest BCUT2D eigenvalue weighted by atomic mass is 32.1. The molecule has 100 valence electrons. The molecule has 2 rings (SSSR count). The zero-order valence-corrected chi connectivity index (χ0v) is 10.6. The van der Waals surface area contributed by atoms with Crippen LogP contribution in [0.25, 0.3) is 0 Å². The second kappa shape index (κ2) is 5.00. The molecule has 0 radical (unpaired) electrons. The molecule has 0 aliphatic heterocycles. The van der Waals surface area contributed by atoms with Crippen molar-refractivity contribution in [3.05, 3.63) is 45.9 Å². The van der Waals surface area contributed by atoms with Gasteiger partial charge in [-0.25, -0.2) is 4.98 Å². The molecule has 0 aliphatic carbocycles. The van der Waals surface area contributed by atoms with E-state index < -0.39 is 17.6 Å². The monoisotopic (exact) mass is 286 g/mol. The van der Waals surface area contributed by atoms with Crippen molar-refractivity contribution >= 4 is 22.9 Å². The minimum Gasteiger partial charge on any atom is -0.320 e. The first-order valence-corrected chi connectivity index (χ1v) is 6.20. The minimum atomic E-state index is -4.44. The number of nitrogens with one attached hydrogen (secondary N) is 1. The number of aromatic nitrogens is 1. The van der Waals surface area contributed by atoms with Crippen LogP contribution in [-0.2, 0) is 6.18 Å². The molecular weight excluding hydrogens is 277 g/mol. The first kappa shape index (κ1) is 13.5. The van der Waals surface area contributed by atoms with Gasteiger partial charge >= 0.3 is 6.18 Å². The number of benzene rings is 1. The van der Waals surface area contributed by atoms with Crippen molar-refractivity contribution in [2.75, 3.05) is 5.32 Å². The van der Waals surface area contributed by atoms with Crippen LogP contribution in [0.3, 0.4) is 0 Å². The van der Waals surface area contributed by atoms with Gasteiger partial charge in [-0.15, -0.1) is 11.3 Å². The van der Waals surface area contributed by atoms with Crippen LogP contribution in [-0.4, -0.2) is 10.9 Å². The summed E-state index contributed by atoms with van der Waals surface area (Å²) in [5.41, 5.74) is 1.02. The number of hydrogen-bond donors (Lipinski definition) is 1. The Labute approximate surface area is 111 Å². The molecular formula is C12H9F3N2OS. The van der Waals surface area contributed by atoms with Crippen molar-refractivity contribution in [2.45, 2.75) is 13.1 Å². The molecule has 1 heterocycles. The zero-order chi connectivity index (χ0) is 14.0. The van der Waals surface area contributed by atoms with E-state index in [2.05, 4.69) is 10.3 Å². The van der Waals surface area contributed by atoms with Crippen molar-refractivity contribution in [2.24, 2.45) is 0 Å². The summed E-state index contributed by atoms with van der Waals surface area (Å²) in [6.45, 7) is 1.32. The SMILES string of the molecule is Cc1c(NC(=O)c2cscn2)cccc1C(F)(F)F. The molecule has 1 N–H and O–H groups in total. The minimum absolute atomic E-state index is 0.0152. The Morgan fingerprint density at radius 1 is 1.37 bits per heavy atom. The molecule has 2 aromatic rings. The van der Waals surface area contributed by atoms with Gasteiger partial charge in [-0.2, -0.15) is 13.2 Å².